The Bertz CT molecular complexity index is 445. The highest BCUT2D eigenvalue weighted by molar-refractivity contribution is 7.15. The van der Waals surface area contributed by atoms with Crippen LogP contribution in [0.3, 0.4) is 0 Å². The number of hydrogen-bond acceptors (Lipinski definition) is 3. The third-order valence-corrected chi connectivity index (χ3v) is 4.18. The van der Waals surface area contributed by atoms with Crippen molar-refractivity contribution in [1.29, 1.82) is 0 Å². The van der Waals surface area contributed by atoms with Crippen LogP contribution < -0.4 is 5.32 Å². The molecule has 3 nitrogen and oxygen atoms in total. The second kappa shape index (κ2) is 4.18. The van der Waals surface area contributed by atoms with Crippen molar-refractivity contribution < 1.29 is 0 Å². The largest absolute Gasteiger partial charge is 0.308 e. The summed E-state index contributed by atoms with van der Waals surface area (Å²) >= 11 is 1.69. The van der Waals surface area contributed by atoms with Gasteiger partial charge in [-0.15, -0.1) is 11.3 Å². The molecule has 1 aliphatic rings. The van der Waals surface area contributed by atoms with E-state index in [9.17, 15) is 0 Å². The molecule has 0 radical (unpaired) electrons. The number of imidazole rings is 1. The molecular weight excluding hydrogens is 218 g/mol. The van der Waals surface area contributed by atoms with Gasteiger partial charge in [-0.05, 0) is 25.2 Å². The quantitative estimate of drug-likeness (QED) is 0.886. The number of rotatable bonds is 3. The molecular formula is C12H17N3S. The van der Waals surface area contributed by atoms with Crippen LogP contribution in [0.1, 0.15) is 31.9 Å². The van der Waals surface area contributed by atoms with Crippen LogP contribution in [0, 0.1) is 5.92 Å². The normalized spacial score (nSPS) is 25.6. The van der Waals surface area contributed by atoms with Gasteiger partial charge in [-0.3, -0.25) is 4.40 Å². The lowest BCUT2D eigenvalue weighted by molar-refractivity contribution is 0.499. The number of fused-ring (bicyclic) bond motifs is 1. The minimum Gasteiger partial charge on any atom is -0.308 e. The molecule has 2 atom stereocenters. The van der Waals surface area contributed by atoms with E-state index in [2.05, 4.69) is 39.4 Å². The van der Waals surface area contributed by atoms with Crippen LogP contribution in [0.25, 0.3) is 4.96 Å². The summed E-state index contributed by atoms with van der Waals surface area (Å²) in [5.41, 5.74) is 1.16. The molecule has 1 N–H and O–H groups in total. The minimum atomic E-state index is 0.703. The Morgan fingerprint density at radius 1 is 1.56 bits per heavy atom. The van der Waals surface area contributed by atoms with E-state index in [1.165, 1.54) is 19.3 Å². The molecule has 3 rings (SSSR count). The van der Waals surface area contributed by atoms with Crippen LogP contribution >= 0.6 is 11.3 Å². The lowest BCUT2D eigenvalue weighted by Gasteiger charge is -2.10. The van der Waals surface area contributed by atoms with Gasteiger partial charge < -0.3 is 5.32 Å². The molecule has 0 aromatic carbocycles. The zero-order valence-electron chi connectivity index (χ0n) is 9.52. The lowest BCUT2D eigenvalue weighted by Crippen LogP contribution is -2.25. The summed E-state index contributed by atoms with van der Waals surface area (Å²) in [5.74, 6) is 0.892. The van der Waals surface area contributed by atoms with Crippen molar-refractivity contribution in [3.8, 4) is 0 Å². The van der Waals surface area contributed by atoms with Gasteiger partial charge in [0.25, 0.3) is 0 Å². The van der Waals surface area contributed by atoms with Crippen molar-refractivity contribution in [3.05, 3.63) is 23.5 Å². The zero-order chi connectivity index (χ0) is 11.0. The second-order valence-corrected chi connectivity index (χ2v) is 5.69. The average molecular weight is 235 g/mol. The van der Waals surface area contributed by atoms with E-state index in [0.717, 1.165) is 23.1 Å². The summed E-state index contributed by atoms with van der Waals surface area (Å²) in [6.07, 6.45) is 8.20. The Balaban J connectivity index is 1.60. The first-order valence-electron chi connectivity index (χ1n) is 5.96. The first kappa shape index (κ1) is 10.3. The summed E-state index contributed by atoms with van der Waals surface area (Å²) in [6.45, 7) is 3.25. The van der Waals surface area contributed by atoms with E-state index in [4.69, 9.17) is 0 Å². The predicted octanol–water partition coefficient (Wildman–Crippen LogP) is 2.67. The van der Waals surface area contributed by atoms with E-state index in [0.29, 0.717) is 6.04 Å². The summed E-state index contributed by atoms with van der Waals surface area (Å²) in [7, 11) is 0. The first-order valence-corrected chi connectivity index (χ1v) is 6.83. The van der Waals surface area contributed by atoms with Crippen molar-refractivity contribution in [2.24, 2.45) is 5.92 Å². The van der Waals surface area contributed by atoms with E-state index >= 15 is 0 Å². The molecule has 2 heterocycles. The van der Waals surface area contributed by atoms with Crippen molar-refractivity contribution in [2.75, 3.05) is 0 Å². The van der Waals surface area contributed by atoms with E-state index in [1.54, 1.807) is 11.3 Å². The van der Waals surface area contributed by atoms with Gasteiger partial charge in [-0.1, -0.05) is 6.92 Å². The molecule has 0 aliphatic heterocycles. The van der Waals surface area contributed by atoms with Crippen molar-refractivity contribution in [3.63, 3.8) is 0 Å². The SMILES string of the molecule is CC1CCC(NCc2cn3ccsc3n2)C1. The van der Waals surface area contributed by atoms with Gasteiger partial charge in [0, 0.05) is 30.4 Å². The van der Waals surface area contributed by atoms with Gasteiger partial charge >= 0.3 is 0 Å². The Morgan fingerprint density at radius 2 is 2.50 bits per heavy atom. The van der Waals surface area contributed by atoms with Crippen LogP contribution in [0.4, 0.5) is 0 Å². The van der Waals surface area contributed by atoms with Crippen LogP contribution in [-0.2, 0) is 6.54 Å². The van der Waals surface area contributed by atoms with Gasteiger partial charge in [-0.2, -0.15) is 0 Å². The molecule has 0 amide bonds. The fourth-order valence-electron chi connectivity index (χ4n) is 2.50. The van der Waals surface area contributed by atoms with Gasteiger partial charge in [-0.25, -0.2) is 4.98 Å². The first-order chi connectivity index (χ1) is 7.81. The maximum atomic E-state index is 4.57. The highest BCUT2D eigenvalue weighted by atomic mass is 32.1. The third-order valence-electron chi connectivity index (χ3n) is 3.41. The summed E-state index contributed by atoms with van der Waals surface area (Å²) in [5, 5.41) is 5.68. The second-order valence-electron chi connectivity index (χ2n) is 4.82. The highest BCUT2D eigenvalue weighted by Crippen LogP contribution is 2.24. The van der Waals surface area contributed by atoms with E-state index in [-0.39, 0.29) is 0 Å². The predicted molar refractivity (Wildman–Crippen MR) is 66.7 cm³/mol. The van der Waals surface area contributed by atoms with E-state index < -0.39 is 0 Å². The fraction of sp³-hybridized carbons (Fsp3) is 0.583. The number of nitrogens with zero attached hydrogens (tertiary/aromatic N) is 2. The van der Waals surface area contributed by atoms with Crippen LogP contribution in [0.15, 0.2) is 17.8 Å². The smallest absolute Gasteiger partial charge is 0.193 e. The van der Waals surface area contributed by atoms with Gasteiger partial charge in [0.2, 0.25) is 0 Å². The summed E-state index contributed by atoms with van der Waals surface area (Å²) in [6, 6.07) is 0.703. The van der Waals surface area contributed by atoms with Crippen LogP contribution in [0.2, 0.25) is 0 Å². The number of hydrogen-bond donors (Lipinski definition) is 1. The summed E-state index contributed by atoms with van der Waals surface area (Å²) in [4.78, 5) is 5.67. The fourth-order valence-corrected chi connectivity index (χ4v) is 3.22. The highest BCUT2D eigenvalue weighted by Gasteiger charge is 2.20. The molecule has 1 fully saturated rings. The third kappa shape index (κ3) is 1.99. The zero-order valence-corrected chi connectivity index (χ0v) is 10.3. The lowest BCUT2D eigenvalue weighted by atomic mass is 10.1. The molecule has 0 spiro atoms. The molecule has 0 bridgehead atoms. The van der Waals surface area contributed by atoms with Gasteiger partial charge in [0.15, 0.2) is 4.96 Å². The standard InChI is InChI=1S/C12H17N3S/c1-9-2-3-10(6-9)13-7-11-8-15-4-5-16-12(15)14-11/h4-5,8-10,13H,2-3,6-7H2,1H3. The number of nitrogens with one attached hydrogen (secondary N) is 1. The molecule has 1 aliphatic carbocycles. The maximum Gasteiger partial charge on any atom is 0.193 e. The Hall–Kier alpha value is -0.870. The molecule has 1 saturated carbocycles. The topological polar surface area (TPSA) is 29.3 Å². The molecule has 2 aromatic heterocycles. The average Bonchev–Trinajstić information content (AvgIpc) is 2.89. The minimum absolute atomic E-state index is 0.703. The number of aromatic nitrogens is 2. The maximum absolute atomic E-state index is 4.57. The van der Waals surface area contributed by atoms with Crippen molar-refractivity contribution in [1.82, 2.24) is 14.7 Å². The van der Waals surface area contributed by atoms with Crippen LogP contribution in [0.5, 0.6) is 0 Å². The van der Waals surface area contributed by atoms with E-state index in [1.807, 2.05) is 0 Å². The molecule has 2 aromatic rings. The van der Waals surface area contributed by atoms with Gasteiger partial charge in [0.1, 0.15) is 0 Å². The van der Waals surface area contributed by atoms with Crippen molar-refractivity contribution >= 4 is 16.3 Å². The Labute approximate surface area is 99.5 Å². The summed E-state index contributed by atoms with van der Waals surface area (Å²) < 4.78 is 2.10. The monoisotopic (exact) mass is 235 g/mol. The van der Waals surface area contributed by atoms with Gasteiger partial charge in [0.05, 0.1) is 5.69 Å². The number of thiazole rings is 1. The Kier molecular flexibility index (Phi) is 2.69. The Morgan fingerprint density at radius 3 is 3.25 bits per heavy atom. The van der Waals surface area contributed by atoms with Crippen LogP contribution in [-0.4, -0.2) is 15.4 Å². The molecule has 16 heavy (non-hydrogen) atoms. The molecule has 86 valence electrons. The van der Waals surface area contributed by atoms with Crippen molar-refractivity contribution in [2.45, 2.75) is 38.8 Å². The molecule has 0 saturated heterocycles. The molecule has 4 heteroatoms. The molecule has 2 unspecified atom stereocenters.